The minimum absolute atomic E-state index is 0.0330. The van der Waals surface area contributed by atoms with Crippen LogP contribution >= 0.6 is 0 Å². The van der Waals surface area contributed by atoms with Gasteiger partial charge in [0.1, 0.15) is 0 Å². The zero-order valence-electron chi connectivity index (χ0n) is 11.7. The van der Waals surface area contributed by atoms with Crippen LogP contribution in [0, 0.1) is 0 Å². The molecular formula is C13H27N3O2. The van der Waals surface area contributed by atoms with Crippen molar-refractivity contribution in [1.82, 2.24) is 10.2 Å². The van der Waals surface area contributed by atoms with E-state index in [9.17, 15) is 4.79 Å². The lowest BCUT2D eigenvalue weighted by atomic mass is 10.2. The summed E-state index contributed by atoms with van der Waals surface area (Å²) >= 11 is 0. The van der Waals surface area contributed by atoms with E-state index in [1.807, 2.05) is 13.8 Å². The number of likely N-dealkylation sites (tertiary alicyclic amines) is 1. The molecule has 1 saturated heterocycles. The van der Waals surface area contributed by atoms with Crippen LogP contribution in [0.3, 0.4) is 0 Å². The fraction of sp³-hybridized carbons (Fsp3) is 0.923. The van der Waals surface area contributed by atoms with Crippen LogP contribution in [-0.4, -0.2) is 55.7 Å². The first-order chi connectivity index (χ1) is 8.65. The fourth-order valence-electron chi connectivity index (χ4n) is 2.38. The van der Waals surface area contributed by atoms with Crippen molar-refractivity contribution in [2.45, 2.75) is 45.3 Å². The molecule has 1 aliphatic rings. The molecule has 106 valence electrons. The van der Waals surface area contributed by atoms with Gasteiger partial charge in [-0.05, 0) is 39.8 Å². The average Bonchev–Trinajstić information content (AvgIpc) is 2.80. The molecule has 0 aliphatic carbocycles. The average molecular weight is 257 g/mol. The Balaban J connectivity index is 2.20. The SMILES string of the molecule is CCOC(CN)CC(=O)NC(C)CN1CCCC1. The van der Waals surface area contributed by atoms with Crippen molar-refractivity contribution in [1.29, 1.82) is 0 Å². The number of nitrogens with one attached hydrogen (secondary N) is 1. The normalized spacial score (nSPS) is 19.7. The molecule has 0 aromatic heterocycles. The van der Waals surface area contributed by atoms with Crippen molar-refractivity contribution in [2.75, 3.05) is 32.8 Å². The van der Waals surface area contributed by atoms with E-state index in [1.54, 1.807) is 0 Å². The van der Waals surface area contributed by atoms with Gasteiger partial charge in [-0.2, -0.15) is 0 Å². The Hall–Kier alpha value is -0.650. The van der Waals surface area contributed by atoms with Gasteiger partial charge in [-0.3, -0.25) is 4.79 Å². The number of hydrogen-bond acceptors (Lipinski definition) is 4. The maximum Gasteiger partial charge on any atom is 0.222 e. The number of nitrogens with two attached hydrogens (primary N) is 1. The molecule has 1 heterocycles. The Morgan fingerprint density at radius 1 is 1.44 bits per heavy atom. The van der Waals surface area contributed by atoms with Crippen LogP contribution in [-0.2, 0) is 9.53 Å². The Kier molecular flexibility index (Phi) is 7.23. The van der Waals surface area contributed by atoms with Gasteiger partial charge < -0.3 is 20.7 Å². The molecule has 18 heavy (non-hydrogen) atoms. The summed E-state index contributed by atoms with van der Waals surface area (Å²) in [6.45, 7) is 8.20. The monoisotopic (exact) mass is 257 g/mol. The highest BCUT2D eigenvalue weighted by molar-refractivity contribution is 5.76. The summed E-state index contributed by atoms with van der Waals surface area (Å²) in [4.78, 5) is 14.2. The van der Waals surface area contributed by atoms with Crippen LogP contribution < -0.4 is 11.1 Å². The molecule has 1 fully saturated rings. The largest absolute Gasteiger partial charge is 0.377 e. The lowest BCUT2D eigenvalue weighted by Gasteiger charge is -2.22. The van der Waals surface area contributed by atoms with Gasteiger partial charge >= 0.3 is 0 Å². The zero-order valence-corrected chi connectivity index (χ0v) is 11.7. The lowest BCUT2D eigenvalue weighted by molar-refractivity contribution is -0.124. The summed E-state index contributed by atoms with van der Waals surface area (Å²) in [6, 6.07) is 0.190. The first-order valence-electron chi connectivity index (χ1n) is 6.99. The van der Waals surface area contributed by atoms with Gasteiger partial charge in [0, 0.05) is 25.7 Å². The number of carbonyl (C=O) groups is 1. The zero-order chi connectivity index (χ0) is 13.4. The van der Waals surface area contributed by atoms with Crippen LogP contribution in [0.5, 0.6) is 0 Å². The second kappa shape index (κ2) is 8.45. The number of rotatable bonds is 8. The predicted molar refractivity (Wildman–Crippen MR) is 72.4 cm³/mol. The topological polar surface area (TPSA) is 67.6 Å². The molecule has 3 N–H and O–H groups in total. The van der Waals surface area contributed by atoms with E-state index in [0.29, 0.717) is 19.6 Å². The lowest BCUT2D eigenvalue weighted by Crippen LogP contribution is -2.42. The smallest absolute Gasteiger partial charge is 0.222 e. The Bertz CT molecular complexity index is 242. The van der Waals surface area contributed by atoms with E-state index in [-0.39, 0.29) is 18.1 Å². The van der Waals surface area contributed by atoms with Crippen molar-refractivity contribution in [3.8, 4) is 0 Å². The Morgan fingerprint density at radius 3 is 2.67 bits per heavy atom. The number of carbonyl (C=O) groups excluding carboxylic acids is 1. The first-order valence-corrected chi connectivity index (χ1v) is 6.99. The van der Waals surface area contributed by atoms with Crippen molar-refractivity contribution < 1.29 is 9.53 Å². The van der Waals surface area contributed by atoms with Gasteiger partial charge in [-0.15, -0.1) is 0 Å². The molecule has 0 aromatic rings. The standard InChI is InChI=1S/C13H27N3O2/c1-3-18-12(9-14)8-13(17)15-11(2)10-16-6-4-5-7-16/h11-12H,3-10,14H2,1-2H3,(H,15,17). The molecule has 1 amide bonds. The molecule has 2 atom stereocenters. The highest BCUT2D eigenvalue weighted by atomic mass is 16.5. The van der Waals surface area contributed by atoms with Crippen LogP contribution in [0.4, 0.5) is 0 Å². The second-order valence-electron chi connectivity index (χ2n) is 4.99. The van der Waals surface area contributed by atoms with Crippen LogP contribution in [0.15, 0.2) is 0 Å². The molecule has 2 unspecified atom stereocenters. The molecule has 5 heteroatoms. The maximum atomic E-state index is 11.8. The third kappa shape index (κ3) is 5.80. The number of ether oxygens (including phenoxy) is 1. The molecule has 0 radical (unpaired) electrons. The van der Waals surface area contributed by atoms with Crippen LogP contribution in [0.25, 0.3) is 0 Å². The summed E-state index contributed by atoms with van der Waals surface area (Å²) in [7, 11) is 0. The maximum absolute atomic E-state index is 11.8. The fourth-order valence-corrected chi connectivity index (χ4v) is 2.38. The van der Waals surface area contributed by atoms with Crippen molar-refractivity contribution >= 4 is 5.91 Å². The molecular weight excluding hydrogens is 230 g/mol. The van der Waals surface area contributed by atoms with E-state index in [4.69, 9.17) is 10.5 Å². The molecule has 0 bridgehead atoms. The van der Waals surface area contributed by atoms with E-state index in [0.717, 1.165) is 19.6 Å². The molecule has 5 nitrogen and oxygen atoms in total. The third-order valence-electron chi connectivity index (χ3n) is 3.22. The number of nitrogens with zero attached hydrogens (tertiary/aromatic N) is 1. The van der Waals surface area contributed by atoms with Gasteiger partial charge in [0.15, 0.2) is 0 Å². The highest BCUT2D eigenvalue weighted by Crippen LogP contribution is 2.07. The van der Waals surface area contributed by atoms with E-state index >= 15 is 0 Å². The van der Waals surface area contributed by atoms with Gasteiger partial charge in [0.25, 0.3) is 0 Å². The Morgan fingerprint density at radius 2 is 2.11 bits per heavy atom. The number of amides is 1. The molecule has 1 rings (SSSR count). The van der Waals surface area contributed by atoms with Gasteiger partial charge in [-0.25, -0.2) is 0 Å². The van der Waals surface area contributed by atoms with E-state index in [1.165, 1.54) is 12.8 Å². The van der Waals surface area contributed by atoms with Crippen molar-refractivity contribution in [2.24, 2.45) is 5.73 Å². The summed E-state index contributed by atoms with van der Waals surface area (Å²) < 4.78 is 5.38. The summed E-state index contributed by atoms with van der Waals surface area (Å²) in [5.41, 5.74) is 5.56. The van der Waals surface area contributed by atoms with Gasteiger partial charge in [-0.1, -0.05) is 0 Å². The van der Waals surface area contributed by atoms with Crippen molar-refractivity contribution in [3.63, 3.8) is 0 Å². The van der Waals surface area contributed by atoms with Crippen molar-refractivity contribution in [3.05, 3.63) is 0 Å². The predicted octanol–water partition coefficient (Wildman–Crippen LogP) is 0.341. The molecule has 0 aromatic carbocycles. The van der Waals surface area contributed by atoms with Gasteiger partial charge in [0.05, 0.1) is 12.5 Å². The minimum Gasteiger partial charge on any atom is -0.377 e. The van der Waals surface area contributed by atoms with E-state index in [2.05, 4.69) is 10.2 Å². The third-order valence-corrected chi connectivity index (χ3v) is 3.22. The minimum atomic E-state index is -0.158. The molecule has 0 spiro atoms. The molecule has 0 saturated carbocycles. The van der Waals surface area contributed by atoms with E-state index < -0.39 is 0 Å². The Labute approximate surface area is 110 Å². The summed E-state index contributed by atoms with van der Waals surface area (Å²) in [6.07, 6.45) is 2.75. The number of hydrogen-bond donors (Lipinski definition) is 2. The highest BCUT2D eigenvalue weighted by Gasteiger charge is 2.17. The summed E-state index contributed by atoms with van der Waals surface area (Å²) in [5, 5.41) is 3.01. The van der Waals surface area contributed by atoms with Gasteiger partial charge in [0.2, 0.25) is 5.91 Å². The van der Waals surface area contributed by atoms with Crippen LogP contribution in [0.2, 0.25) is 0 Å². The van der Waals surface area contributed by atoms with Crippen LogP contribution in [0.1, 0.15) is 33.1 Å². The quantitative estimate of drug-likeness (QED) is 0.658. The molecule has 1 aliphatic heterocycles. The summed E-state index contributed by atoms with van der Waals surface area (Å²) in [5.74, 6) is 0.0330. The second-order valence-corrected chi connectivity index (χ2v) is 4.99. The first kappa shape index (κ1) is 15.4.